The molecule has 0 aliphatic heterocycles. The van der Waals surface area contributed by atoms with Crippen molar-refractivity contribution in [2.24, 2.45) is 0 Å². The SMILES string of the molecule is CCCCc1cc(O)n(N)n1. The fourth-order valence-corrected chi connectivity index (χ4v) is 0.914. The molecule has 0 aliphatic rings. The van der Waals surface area contributed by atoms with E-state index in [0.29, 0.717) is 0 Å². The summed E-state index contributed by atoms with van der Waals surface area (Å²) in [5.41, 5.74) is 0.854. The van der Waals surface area contributed by atoms with E-state index in [0.717, 1.165) is 29.7 Å². The van der Waals surface area contributed by atoms with Gasteiger partial charge >= 0.3 is 0 Å². The van der Waals surface area contributed by atoms with Crippen LogP contribution >= 0.6 is 0 Å². The first kappa shape index (κ1) is 7.91. The Hall–Kier alpha value is -1.19. The van der Waals surface area contributed by atoms with Gasteiger partial charge in [-0.15, -0.1) is 4.79 Å². The van der Waals surface area contributed by atoms with E-state index in [1.165, 1.54) is 0 Å². The maximum absolute atomic E-state index is 9.01. The summed E-state index contributed by atoms with van der Waals surface area (Å²) in [4.78, 5) is 0.991. The summed E-state index contributed by atoms with van der Waals surface area (Å²) in [5, 5.41) is 12.9. The van der Waals surface area contributed by atoms with Gasteiger partial charge in [-0.1, -0.05) is 13.3 Å². The molecule has 4 heteroatoms. The molecule has 1 aromatic heterocycles. The number of nitrogens with two attached hydrogens (primary N) is 1. The lowest BCUT2D eigenvalue weighted by Gasteiger charge is -1.90. The summed E-state index contributed by atoms with van der Waals surface area (Å²) >= 11 is 0. The summed E-state index contributed by atoms with van der Waals surface area (Å²) in [6.45, 7) is 2.11. The second kappa shape index (κ2) is 3.27. The van der Waals surface area contributed by atoms with Gasteiger partial charge in [0.05, 0.1) is 5.69 Å². The van der Waals surface area contributed by atoms with E-state index in [9.17, 15) is 0 Å². The van der Waals surface area contributed by atoms with Gasteiger partial charge in [0.2, 0.25) is 5.88 Å². The molecule has 1 aromatic rings. The molecule has 4 nitrogen and oxygen atoms in total. The Morgan fingerprint density at radius 2 is 2.45 bits per heavy atom. The minimum Gasteiger partial charge on any atom is -0.492 e. The number of nitrogen functional groups attached to an aromatic ring is 1. The van der Waals surface area contributed by atoms with Crippen molar-refractivity contribution < 1.29 is 5.11 Å². The lowest BCUT2D eigenvalue weighted by molar-refractivity contribution is 0.427. The molecule has 3 N–H and O–H groups in total. The third-order valence-corrected chi connectivity index (χ3v) is 1.55. The number of aromatic hydroxyl groups is 1. The predicted molar refractivity (Wildman–Crippen MR) is 42.7 cm³/mol. The van der Waals surface area contributed by atoms with Crippen molar-refractivity contribution >= 4 is 0 Å². The van der Waals surface area contributed by atoms with Crippen LogP contribution in [0.15, 0.2) is 6.07 Å². The van der Waals surface area contributed by atoms with Gasteiger partial charge in [0.25, 0.3) is 0 Å². The average Bonchev–Trinajstić information content (AvgIpc) is 2.28. The second-order valence-electron chi connectivity index (χ2n) is 2.54. The molecule has 0 saturated carbocycles. The quantitative estimate of drug-likeness (QED) is 0.630. The molecule has 0 aromatic carbocycles. The topological polar surface area (TPSA) is 64.1 Å². The fraction of sp³-hybridized carbons (Fsp3) is 0.571. The van der Waals surface area contributed by atoms with Crippen LogP contribution in [0, 0.1) is 0 Å². The zero-order valence-corrected chi connectivity index (χ0v) is 6.62. The number of aryl methyl sites for hydroxylation is 1. The molecule has 62 valence electrons. The first-order valence-electron chi connectivity index (χ1n) is 3.77. The Bertz CT molecular complexity index is 212. The maximum Gasteiger partial charge on any atom is 0.229 e. The van der Waals surface area contributed by atoms with Crippen LogP contribution in [0.4, 0.5) is 0 Å². The van der Waals surface area contributed by atoms with Gasteiger partial charge in [0.1, 0.15) is 0 Å². The van der Waals surface area contributed by atoms with Gasteiger partial charge in [0, 0.05) is 6.07 Å². The van der Waals surface area contributed by atoms with Gasteiger partial charge in [0.15, 0.2) is 0 Å². The summed E-state index contributed by atoms with van der Waals surface area (Å²) < 4.78 is 0. The Morgan fingerprint density at radius 3 is 2.91 bits per heavy atom. The predicted octanol–water partition coefficient (Wildman–Crippen LogP) is 0.645. The molecule has 0 spiro atoms. The van der Waals surface area contributed by atoms with Crippen LogP contribution < -0.4 is 5.84 Å². The number of nitrogens with zero attached hydrogens (tertiary/aromatic N) is 2. The molecule has 0 bridgehead atoms. The zero-order chi connectivity index (χ0) is 8.27. The second-order valence-corrected chi connectivity index (χ2v) is 2.54. The third kappa shape index (κ3) is 1.86. The minimum atomic E-state index is 0.0242. The van der Waals surface area contributed by atoms with Crippen LogP contribution in [0.2, 0.25) is 0 Å². The van der Waals surface area contributed by atoms with Crippen LogP contribution in [0.1, 0.15) is 25.5 Å². The summed E-state index contributed by atoms with van der Waals surface area (Å²) in [6, 6.07) is 1.59. The normalized spacial score (nSPS) is 10.3. The first-order valence-corrected chi connectivity index (χ1v) is 3.77. The van der Waals surface area contributed by atoms with Crippen molar-refractivity contribution in [3.8, 4) is 5.88 Å². The number of hydrogen-bond acceptors (Lipinski definition) is 3. The van der Waals surface area contributed by atoms with E-state index in [-0.39, 0.29) is 5.88 Å². The highest BCUT2D eigenvalue weighted by Gasteiger charge is 2.01. The fourth-order valence-electron chi connectivity index (χ4n) is 0.914. The van der Waals surface area contributed by atoms with Gasteiger partial charge < -0.3 is 10.9 Å². The smallest absolute Gasteiger partial charge is 0.229 e. The van der Waals surface area contributed by atoms with Crippen molar-refractivity contribution in [1.82, 2.24) is 9.89 Å². The average molecular weight is 155 g/mol. The van der Waals surface area contributed by atoms with E-state index in [1.54, 1.807) is 6.07 Å². The minimum absolute atomic E-state index is 0.0242. The van der Waals surface area contributed by atoms with Gasteiger partial charge in [-0.2, -0.15) is 5.10 Å². The lowest BCUT2D eigenvalue weighted by atomic mass is 10.2. The monoisotopic (exact) mass is 155 g/mol. The Labute approximate surface area is 65.6 Å². The highest BCUT2D eigenvalue weighted by Crippen LogP contribution is 2.09. The van der Waals surface area contributed by atoms with E-state index >= 15 is 0 Å². The van der Waals surface area contributed by atoms with Crippen LogP contribution in [0.3, 0.4) is 0 Å². The molecular formula is C7H13N3O. The van der Waals surface area contributed by atoms with Crippen molar-refractivity contribution in [2.45, 2.75) is 26.2 Å². The molecule has 0 saturated heterocycles. The standard InChI is InChI=1S/C7H13N3O/c1-2-3-4-6-5-7(11)10(8)9-6/h5,11H,2-4,8H2,1H3. The maximum atomic E-state index is 9.01. The van der Waals surface area contributed by atoms with Gasteiger partial charge in [-0.3, -0.25) is 0 Å². The van der Waals surface area contributed by atoms with Gasteiger partial charge in [-0.25, -0.2) is 0 Å². The lowest BCUT2D eigenvalue weighted by Crippen LogP contribution is -2.09. The summed E-state index contributed by atoms with van der Waals surface area (Å²) in [7, 11) is 0. The molecular weight excluding hydrogens is 142 g/mol. The van der Waals surface area contributed by atoms with Gasteiger partial charge in [-0.05, 0) is 12.8 Å². The van der Waals surface area contributed by atoms with E-state index in [2.05, 4.69) is 12.0 Å². The largest absolute Gasteiger partial charge is 0.492 e. The highest BCUT2D eigenvalue weighted by atomic mass is 16.3. The Morgan fingerprint density at radius 1 is 1.73 bits per heavy atom. The molecule has 0 amide bonds. The molecule has 0 atom stereocenters. The highest BCUT2D eigenvalue weighted by molar-refractivity contribution is 5.14. The molecule has 1 heterocycles. The van der Waals surface area contributed by atoms with E-state index < -0.39 is 0 Å². The third-order valence-electron chi connectivity index (χ3n) is 1.55. The Kier molecular flexibility index (Phi) is 2.36. The summed E-state index contributed by atoms with van der Waals surface area (Å²) in [5.74, 6) is 5.29. The van der Waals surface area contributed by atoms with Crippen molar-refractivity contribution in [2.75, 3.05) is 5.84 Å². The Balaban J connectivity index is 2.58. The molecule has 0 unspecified atom stereocenters. The molecule has 1 rings (SSSR count). The number of unbranched alkanes of at least 4 members (excludes halogenated alkanes) is 1. The van der Waals surface area contributed by atoms with E-state index in [1.807, 2.05) is 0 Å². The van der Waals surface area contributed by atoms with Crippen molar-refractivity contribution in [3.63, 3.8) is 0 Å². The summed E-state index contributed by atoms with van der Waals surface area (Å²) in [6.07, 6.45) is 3.09. The van der Waals surface area contributed by atoms with Crippen molar-refractivity contribution in [1.29, 1.82) is 0 Å². The van der Waals surface area contributed by atoms with E-state index in [4.69, 9.17) is 10.9 Å². The first-order chi connectivity index (χ1) is 5.24. The molecule has 0 aliphatic carbocycles. The van der Waals surface area contributed by atoms with Crippen LogP contribution in [-0.4, -0.2) is 15.0 Å². The molecule has 0 fully saturated rings. The van der Waals surface area contributed by atoms with Crippen LogP contribution in [0.5, 0.6) is 5.88 Å². The molecule has 0 radical (unpaired) electrons. The number of aromatic nitrogens is 2. The van der Waals surface area contributed by atoms with Crippen LogP contribution in [0.25, 0.3) is 0 Å². The van der Waals surface area contributed by atoms with Crippen molar-refractivity contribution in [3.05, 3.63) is 11.8 Å². The molecule has 11 heavy (non-hydrogen) atoms. The number of rotatable bonds is 3. The number of hydrogen-bond donors (Lipinski definition) is 2. The zero-order valence-electron chi connectivity index (χ0n) is 6.62. The van der Waals surface area contributed by atoms with Crippen LogP contribution in [-0.2, 0) is 6.42 Å².